The highest BCUT2D eigenvalue weighted by Gasteiger charge is 2.28. The van der Waals surface area contributed by atoms with E-state index in [1.54, 1.807) is 13.0 Å². The predicted octanol–water partition coefficient (Wildman–Crippen LogP) is 0.462. The lowest BCUT2D eigenvalue weighted by Gasteiger charge is -2.23. The molecule has 0 radical (unpaired) electrons. The van der Waals surface area contributed by atoms with Crippen molar-refractivity contribution in [3.8, 4) is 12.1 Å². The van der Waals surface area contributed by atoms with Gasteiger partial charge in [0.1, 0.15) is 0 Å². The monoisotopic (exact) mass is 215 g/mol. The van der Waals surface area contributed by atoms with Crippen molar-refractivity contribution in [1.29, 1.82) is 10.5 Å². The summed E-state index contributed by atoms with van der Waals surface area (Å²) in [5, 5.41) is 15.8. The van der Waals surface area contributed by atoms with Crippen molar-refractivity contribution in [3.05, 3.63) is 0 Å². The van der Waals surface area contributed by atoms with E-state index < -0.39 is 21.3 Å². The van der Waals surface area contributed by atoms with Crippen molar-refractivity contribution >= 4 is 10.0 Å². The molecule has 0 aliphatic heterocycles. The maximum atomic E-state index is 11.6. The van der Waals surface area contributed by atoms with Crippen LogP contribution in [0.15, 0.2) is 0 Å². The molecule has 2 unspecified atom stereocenters. The van der Waals surface area contributed by atoms with Crippen LogP contribution in [0.25, 0.3) is 0 Å². The van der Waals surface area contributed by atoms with E-state index in [9.17, 15) is 8.42 Å². The number of nitrogens with zero attached hydrogens (tertiary/aromatic N) is 3. The number of rotatable bonds is 4. The highest BCUT2D eigenvalue weighted by Crippen LogP contribution is 2.11. The number of hydrogen-bond donors (Lipinski definition) is 0. The smallest absolute Gasteiger partial charge is 0.211 e. The summed E-state index contributed by atoms with van der Waals surface area (Å²) in [4.78, 5) is 0. The van der Waals surface area contributed by atoms with E-state index in [0.29, 0.717) is 0 Å². The highest BCUT2D eigenvalue weighted by molar-refractivity contribution is 7.89. The van der Waals surface area contributed by atoms with Crippen LogP contribution in [0.4, 0.5) is 0 Å². The van der Waals surface area contributed by atoms with Crippen LogP contribution in [0.3, 0.4) is 0 Å². The van der Waals surface area contributed by atoms with Crippen molar-refractivity contribution in [2.24, 2.45) is 0 Å². The van der Waals surface area contributed by atoms with E-state index in [0.717, 1.165) is 4.31 Å². The van der Waals surface area contributed by atoms with Crippen molar-refractivity contribution in [1.82, 2.24) is 4.31 Å². The van der Waals surface area contributed by atoms with Crippen molar-refractivity contribution in [2.45, 2.75) is 31.6 Å². The zero-order chi connectivity index (χ0) is 11.4. The summed E-state index contributed by atoms with van der Waals surface area (Å²) in [6.45, 7) is 2.95. The zero-order valence-electron chi connectivity index (χ0n) is 8.43. The van der Waals surface area contributed by atoms with E-state index in [1.165, 1.54) is 14.0 Å². The first-order chi connectivity index (χ1) is 6.37. The average molecular weight is 215 g/mol. The van der Waals surface area contributed by atoms with Crippen LogP contribution in [0.5, 0.6) is 0 Å². The zero-order valence-corrected chi connectivity index (χ0v) is 9.24. The fraction of sp³-hybridized carbons (Fsp3) is 0.750. The van der Waals surface area contributed by atoms with Gasteiger partial charge in [-0.15, -0.1) is 0 Å². The molecule has 0 saturated heterocycles. The van der Waals surface area contributed by atoms with E-state index in [4.69, 9.17) is 10.5 Å². The molecule has 0 saturated carbocycles. The fourth-order valence-electron chi connectivity index (χ4n) is 0.827. The molecule has 0 fully saturated rings. The maximum Gasteiger partial charge on any atom is 0.230 e. The minimum atomic E-state index is -3.59. The van der Waals surface area contributed by atoms with Gasteiger partial charge in [0.15, 0.2) is 5.25 Å². The standard InChI is InChI=1S/C8H13N3O2S/c1-7(4-5-9)11(3)14(12,13)8(2)6-10/h7-8H,4H2,1-3H3. The summed E-state index contributed by atoms with van der Waals surface area (Å²) in [6.07, 6.45) is 0.119. The molecule has 78 valence electrons. The first-order valence-corrected chi connectivity index (χ1v) is 5.61. The maximum absolute atomic E-state index is 11.6. The highest BCUT2D eigenvalue weighted by atomic mass is 32.2. The third kappa shape index (κ3) is 2.69. The van der Waals surface area contributed by atoms with Gasteiger partial charge in [-0.2, -0.15) is 10.5 Å². The minimum Gasteiger partial charge on any atom is -0.211 e. The molecule has 0 aromatic carbocycles. The fourth-order valence-corrected chi connectivity index (χ4v) is 2.04. The van der Waals surface area contributed by atoms with E-state index in [1.807, 2.05) is 6.07 Å². The Balaban J connectivity index is 4.80. The number of nitriles is 2. The van der Waals surface area contributed by atoms with Gasteiger partial charge in [-0.05, 0) is 13.8 Å². The Morgan fingerprint density at radius 2 is 1.86 bits per heavy atom. The largest absolute Gasteiger partial charge is 0.230 e. The molecule has 0 spiro atoms. The summed E-state index contributed by atoms with van der Waals surface area (Å²) in [5.74, 6) is 0. The van der Waals surface area contributed by atoms with Crippen molar-refractivity contribution < 1.29 is 8.42 Å². The number of hydrogen-bond acceptors (Lipinski definition) is 4. The van der Waals surface area contributed by atoms with Gasteiger partial charge in [0.25, 0.3) is 0 Å². The Bertz CT molecular complexity index is 363. The molecule has 0 aliphatic rings. The molecule has 2 atom stereocenters. The summed E-state index contributed by atoms with van der Waals surface area (Å²) < 4.78 is 24.2. The van der Waals surface area contributed by atoms with Gasteiger partial charge < -0.3 is 0 Å². The van der Waals surface area contributed by atoms with Gasteiger partial charge in [0, 0.05) is 13.1 Å². The molecule has 6 heteroatoms. The lowest BCUT2D eigenvalue weighted by atomic mass is 10.3. The van der Waals surface area contributed by atoms with Crippen LogP contribution in [0.2, 0.25) is 0 Å². The first kappa shape index (κ1) is 12.9. The molecule has 0 rings (SSSR count). The summed E-state index contributed by atoms with van der Waals surface area (Å²) in [5.41, 5.74) is 0. The molecular formula is C8H13N3O2S. The molecule has 5 nitrogen and oxygen atoms in total. The molecule has 0 aromatic heterocycles. The second-order valence-electron chi connectivity index (χ2n) is 3.04. The lowest BCUT2D eigenvalue weighted by Crippen LogP contribution is -2.39. The van der Waals surface area contributed by atoms with Crippen LogP contribution in [-0.2, 0) is 10.0 Å². The van der Waals surface area contributed by atoms with E-state index in [-0.39, 0.29) is 6.42 Å². The van der Waals surface area contributed by atoms with Gasteiger partial charge >= 0.3 is 0 Å². The van der Waals surface area contributed by atoms with Crippen LogP contribution in [0, 0.1) is 22.7 Å². The Labute approximate surface area is 84.6 Å². The Kier molecular flexibility index (Phi) is 4.55. The second-order valence-corrected chi connectivity index (χ2v) is 5.36. The molecule has 0 aliphatic carbocycles. The SMILES string of the molecule is CC(CC#N)N(C)S(=O)(=O)C(C)C#N. The Morgan fingerprint density at radius 3 is 2.21 bits per heavy atom. The van der Waals surface area contributed by atoms with Crippen LogP contribution < -0.4 is 0 Å². The lowest BCUT2D eigenvalue weighted by molar-refractivity contribution is 0.391. The summed E-state index contributed by atoms with van der Waals surface area (Å²) >= 11 is 0. The third-order valence-electron chi connectivity index (χ3n) is 2.04. The predicted molar refractivity (Wildman–Crippen MR) is 51.4 cm³/mol. The van der Waals surface area contributed by atoms with Crippen LogP contribution in [-0.4, -0.2) is 31.1 Å². The second kappa shape index (κ2) is 4.94. The third-order valence-corrected chi connectivity index (χ3v) is 4.20. The molecular weight excluding hydrogens is 202 g/mol. The Hall–Kier alpha value is -1.11. The van der Waals surface area contributed by atoms with Gasteiger partial charge in [-0.1, -0.05) is 0 Å². The molecule has 0 aromatic rings. The molecule has 0 amide bonds. The van der Waals surface area contributed by atoms with Gasteiger partial charge in [0.2, 0.25) is 10.0 Å². The number of sulfonamides is 1. The van der Waals surface area contributed by atoms with Gasteiger partial charge in [-0.25, -0.2) is 12.7 Å². The van der Waals surface area contributed by atoms with E-state index in [2.05, 4.69) is 0 Å². The van der Waals surface area contributed by atoms with E-state index >= 15 is 0 Å². The van der Waals surface area contributed by atoms with Crippen molar-refractivity contribution in [2.75, 3.05) is 7.05 Å². The summed E-state index contributed by atoms with van der Waals surface area (Å²) in [6, 6.07) is 3.16. The topological polar surface area (TPSA) is 85.0 Å². The quantitative estimate of drug-likeness (QED) is 0.682. The first-order valence-electron chi connectivity index (χ1n) is 4.11. The normalized spacial score (nSPS) is 15.6. The summed E-state index contributed by atoms with van der Waals surface area (Å²) in [7, 11) is -2.21. The average Bonchev–Trinajstić information content (AvgIpc) is 2.15. The van der Waals surface area contributed by atoms with Gasteiger partial charge in [-0.3, -0.25) is 0 Å². The molecule has 14 heavy (non-hydrogen) atoms. The van der Waals surface area contributed by atoms with Crippen molar-refractivity contribution in [3.63, 3.8) is 0 Å². The van der Waals surface area contributed by atoms with Gasteiger partial charge in [0.05, 0.1) is 18.6 Å². The molecule has 0 bridgehead atoms. The Morgan fingerprint density at radius 1 is 1.36 bits per heavy atom. The minimum absolute atomic E-state index is 0.119. The van der Waals surface area contributed by atoms with Crippen LogP contribution in [0.1, 0.15) is 20.3 Å². The van der Waals surface area contributed by atoms with Crippen LogP contribution >= 0.6 is 0 Å². The molecule has 0 heterocycles. The molecule has 0 N–H and O–H groups in total.